The molecule has 0 aromatic heterocycles. The van der Waals surface area contributed by atoms with Crippen molar-refractivity contribution in [3.63, 3.8) is 0 Å². The van der Waals surface area contributed by atoms with Gasteiger partial charge < -0.3 is 18.9 Å². The highest BCUT2D eigenvalue weighted by molar-refractivity contribution is 5.78. The van der Waals surface area contributed by atoms with Gasteiger partial charge in [-0.2, -0.15) is 0 Å². The first-order valence-corrected chi connectivity index (χ1v) is 9.19. The van der Waals surface area contributed by atoms with Gasteiger partial charge in [0.25, 0.3) is 0 Å². The number of ether oxygens (including phenoxy) is 4. The fraction of sp³-hybridized carbons (Fsp3) is 0.409. The Labute approximate surface area is 161 Å². The van der Waals surface area contributed by atoms with Crippen molar-refractivity contribution in [2.24, 2.45) is 5.41 Å². The highest BCUT2D eigenvalue weighted by atomic mass is 16.7. The third kappa shape index (κ3) is 6.94. The lowest BCUT2D eigenvalue weighted by Crippen LogP contribution is -2.28. The summed E-state index contributed by atoms with van der Waals surface area (Å²) in [7, 11) is 0. The van der Waals surface area contributed by atoms with Gasteiger partial charge in [-0.3, -0.25) is 4.79 Å². The summed E-state index contributed by atoms with van der Waals surface area (Å²) in [6.45, 7) is 8.38. The van der Waals surface area contributed by atoms with Crippen molar-refractivity contribution in [1.29, 1.82) is 0 Å². The third-order valence-electron chi connectivity index (χ3n) is 4.22. The van der Waals surface area contributed by atoms with Crippen molar-refractivity contribution in [2.45, 2.75) is 40.4 Å². The molecule has 2 aromatic rings. The Kier molecular flexibility index (Phi) is 7.67. The smallest absolute Gasteiger partial charge is 0.316 e. The molecule has 0 saturated heterocycles. The van der Waals surface area contributed by atoms with Gasteiger partial charge in [-0.05, 0) is 63.6 Å². The molecule has 0 N–H and O–H groups in total. The van der Waals surface area contributed by atoms with E-state index in [1.54, 1.807) is 24.3 Å². The predicted octanol–water partition coefficient (Wildman–Crippen LogP) is 4.85. The van der Waals surface area contributed by atoms with Crippen molar-refractivity contribution < 1.29 is 23.7 Å². The van der Waals surface area contributed by atoms with E-state index in [0.29, 0.717) is 24.7 Å². The Morgan fingerprint density at radius 1 is 0.926 bits per heavy atom. The van der Waals surface area contributed by atoms with E-state index in [1.165, 1.54) is 0 Å². The topological polar surface area (TPSA) is 54.0 Å². The summed E-state index contributed by atoms with van der Waals surface area (Å²) < 4.78 is 22.3. The molecular formula is C22H28O5. The molecule has 5 nitrogen and oxygen atoms in total. The second-order valence-electron chi connectivity index (χ2n) is 6.82. The Morgan fingerprint density at radius 3 is 2.19 bits per heavy atom. The average Bonchev–Trinajstić information content (AvgIpc) is 2.67. The Morgan fingerprint density at radius 2 is 1.56 bits per heavy atom. The predicted molar refractivity (Wildman–Crippen MR) is 104 cm³/mol. The van der Waals surface area contributed by atoms with E-state index in [2.05, 4.69) is 0 Å². The minimum Gasteiger partial charge on any atom is -0.491 e. The summed E-state index contributed by atoms with van der Waals surface area (Å²) in [5.74, 6) is 1.71. The molecule has 0 spiro atoms. The zero-order chi connectivity index (χ0) is 19.7. The summed E-state index contributed by atoms with van der Waals surface area (Å²) >= 11 is 0. The molecule has 0 bridgehead atoms. The zero-order valence-corrected chi connectivity index (χ0v) is 16.4. The maximum absolute atomic E-state index is 12.1. The minimum absolute atomic E-state index is 0.242. The molecule has 1 unspecified atom stereocenters. The first-order chi connectivity index (χ1) is 12.9. The van der Waals surface area contributed by atoms with Crippen LogP contribution in [0.4, 0.5) is 0 Å². The van der Waals surface area contributed by atoms with E-state index in [0.717, 1.165) is 12.2 Å². The van der Waals surface area contributed by atoms with Gasteiger partial charge in [0, 0.05) is 0 Å². The van der Waals surface area contributed by atoms with E-state index >= 15 is 0 Å². The van der Waals surface area contributed by atoms with Crippen LogP contribution in [0.25, 0.3) is 0 Å². The number of hydrogen-bond donors (Lipinski definition) is 0. The zero-order valence-electron chi connectivity index (χ0n) is 16.4. The molecule has 0 radical (unpaired) electrons. The van der Waals surface area contributed by atoms with E-state index in [-0.39, 0.29) is 5.97 Å². The van der Waals surface area contributed by atoms with Crippen molar-refractivity contribution in [3.8, 4) is 17.2 Å². The number of carbonyl (C=O) groups is 1. The molecule has 0 aliphatic heterocycles. The standard InChI is InChI=1S/C22H28O5/c1-5-22(3,4)21(23)27-20-13-11-19(12-14-20)26-17(2)24-15-16-25-18-9-7-6-8-10-18/h6-14,17H,5,15-16H2,1-4H3. The van der Waals surface area contributed by atoms with Crippen LogP contribution in [-0.4, -0.2) is 25.5 Å². The van der Waals surface area contributed by atoms with Crippen LogP contribution < -0.4 is 14.2 Å². The Balaban J connectivity index is 1.72. The first-order valence-electron chi connectivity index (χ1n) is 9.19. The van der Waals surface area contributed by atoms with Crippen LogP contribution in [0.15, 0.2) is 54.6 Å². The van der Waals surface area contributed by atoms with Crippen LogP contribution in [0.1, 0.15) is 34.1 Å². The highest BCUT2D eigenvalue weighted by Crippen LogP contribution is 2.25. The van der Waals surface area contributed by atoms with Crippen LogP contribution in [-0.2, 0) is 9.53 Å². The van der Waals surface area contributed by atoms with Gasteiger partial charge in [-0.1, -0.05) is 25.1 Å². The summed E-state index contributed by atoms with van der Waals surface area (Å²) in [5, 5.41) is 0. The fourth-order valence-corrected chi connectivity index (χ4v) is 2.09. The average molecular weight is 372 g/mol. The number of para-hydroxylation sites is 1. The summed E-state index contributed by atoms with van der Waals surface area (Å²) in [6, 6.07) is 16.5. The SMILES string of the molecule is CCC(C)(C)C(=O)Oc1ccc(OC(C)OCCOc2ccccc2)cc1. The lowest BCUT2D eigenvalue weighted by Gasteiger charge is -2.20. The molecule has 1 atom stereocenters. The molecule has 2 aromatic carbocycles. The number of rotatable bonds is 10. The molecule has 0 amide bonds. The second kappa shape index (κ2) is 9.97. The monoisotopic (exact) mass is 372 g/mol. The fourth-order valence-electron chi connectivity index (χ4n) is 2.09. The molecule has 146 valence electrons. The summed E-state index contributed by atoms with van der Waals surface area (Å²) in [6.07, 6.45) is 0.298. The molecule has 5 heteroatoms. The normalized spacial score (nSPS) is 12.3. The lowest BCUT2D eigenvalue weighted by molar-refractivity contribution is -0.144. The van der Waals surface area contributed by atoms with Crippen LogP contribution in [0.2, 0.25) is 0 Å². The quantitative estimate of drug-likeness (QED) is 0.258. The molecule has 0 fully saturated rings. The summed E-state index contributed by atoms with van der Waals surface area (Å²) in [4.78, 5) is 12.1. The van der Waals surface area contributed by atoms with E-state index in [9.17, 15) is 4.79 Å². The van der Waals surface area contributed by atoms with Crippen molar-refractivity contribution in [3.05, 3.63) is 54.6 Å². The third-order valence-corrected chi connectivity index (χ3v) is 4.22. The van der Waals surface area contributed by atoms with Gasteiger partial charge in [-0.15, -0.1) is 0 Å². The van der Waals surface area contributed by atoms with Gasteiger partial charge in [0.05, 0.1) is 12.0 Å². The molecular weight excluding hydrogens is 344 g/mol. The summed E-state index contributed by atoms with van der Waals surface area (Å²) in [5.41, 5.74) is -0.501. The van der Waals surface area contributed by atoms with E-state index < -0.39 is 11.7 Å². The number of benzene rings is 2. The maximum atomic E-state index is 12.1. The van der Waals surface area contributed by atoms with E-state index in [1.807, 2.05) is 58.0 Å². The van der Waals surface area contributed by atoms with Gasteiger partial charge in [0.2, 0.25) is 0 Å². The second-order valence-corrected chi connectivity index (χ2v) is 6.82. The van der Waals surface area contributed by atoms with Crippen LogP contribution in [0.3, 0.4) is 0 Å². The maximum Gasteiger partial charge on any atom is 0.316 e. The van der Waals surface area contributed by atoms with Crippen LogP contribution >= 0.6 is 0 Å². The molecule has 2 rings (SSSR count). The molecule has 27 heavy (non-hydrogen) atoms. The Hall–Kier alpha value is -2.53. The van der Waals surface area contributed by atoms with Crippen LogP contribution in [0, 0.1) is 5.41 Å². The van der Waals surface area contributed by atoms with Gasteiger partial charge in [-0.25, -0.2) is 0 Å². The van der Waals surface area contributed by atoms with Crippen molar-refractivity contribution >= 4 is 5.97 Å². The highest BCUT2D eigenvalue weighted by Gasteiger charge is 2.27. The molecule has 0 aliphatic rings. The van der Waals surface area contributed by atoms with Gasteiger partial charge in [0.1, 0.15) is 23.9 Å². The Bertz CT molecular complexity index is 694. The van der Waals surface area contributed by atoms with Crippen molar-refractivity contribution in [1.82, 2.24) is 0 Å². The number of carbonyl (C=O) groups excluding carboxylic acids is 1. The van der Waals surface area contributed by atoms with Crippen molar-refractivity contribution in [2.75, 3.05) is 13.2 Å². The van der Waals surface area contributed by atoms with Gasteiger partial charge in [0.15, 0.2) is 6.29 Å². The van der Waals surface area contributed by atoms with Gasteiger partial charge >= 0.3 is 5.97 Å². The molecule has 0 saturated carbocycles. The molecule has 0 heterocycles. The van der Waals surface area contributed by atoms with E-state index in [4.69, 9.17) is 18.9 Å². The number of esters is 1. The lowest BCUT2D eigenvalue weighted by atomic mass is 9.91. The number of hydrogen-bond acceptors (Lipinski definition) is 5. The van der Waals surface area contributed by atoms with Crippen LogP contribution in [0.5, 0.6) is 17.2 Å². The first kappa shape index (κ1) is 20.8. The minimum atomic E-state index is -0.501. The largest absolute Gasteiger partial charge is 0.491 e. The molecule has 0 aliphatic carbocycles.